The molecule has 0 unspecified atom stereocenters. The topological polar surface area (TPSA) is 59.3 Å². The van der Waals surface area contributed by atoms with Gasteiger partial charge in [0.25, 0.3) is 0 Å². The highest BCUT2D eigenvalue weighted by Crippen LogP contribution is 2.26. The quantitative estimate of drug-likeness (QED) is 0.599. The normalized spacial score (nSPS) is 9.38. The second-order valence-corrected chi connectivity index (χ2v) is 3.17. The Morgan fingerprint density at radius 3 is 2.62 bits per heavy atom. The molecule has 0 N–H and O–H groups in total. The first-order chi connectivity index (χ1) is 7.69. The first-order valence-corrected chi connectivity index (χ1v) is 4.97. The molecule has 0 aliphatic carbocycles. The standard InChI is InChI=1S/C11H10ClNO3/c1-15-10-4-3-7(11(14)16-2)8(5-12)9(10)6-13/h3-4H,5H2,1-2H3. The molecule has 5 heteroatoms. The van der Waals surface area contributed by atoms with Crippen LogP contribution in [0.1, 0.15) is 21.5 Å². The second kappa shape index (κ2) is 5.38. The van der Waals surface area contributed by atoms with Crippen LogP contribution in [0.4, 0.5) is 0 Å². The Kier molecular flexibility index (Phi) is 4.15. The molecule has 0 heterocycles. The van der Waals surface area contributed by atoms with E-state index in [0.29, 0.717) is 11.3 Å². The van der Waals surface area contributed by atoms with Crippen molar-refractivity contribution in [2.45, 2.75) is 5.88 Å². The molecule has 0 fully saturated rings. The smallest absolute Gasteiger partial charge is 0.338 e. The Morgan fingerprint density at radius 2 is 2.19 bits per heavy atom. The van der Waals surface area contributed by atoms with Crippen molar-refractivity contribution in [2.24, 2.45) is 0 Å². The molecule has 0 radical (unpaired) electrons. The Labute approximate surface area is 98.3 Å². The second-order valence-electron chi connectivity index (χ2n) is 2.91. The fourth-order valence-electron chi connectivity index (χ4n) is 1.36. The van der Waals surface area contributed by atoms with Gasteiger partial charge in [0, 0.05) is 11.4 Å². The van der Waals surface area contributed by atoms with Crippen LogP contribution in [0.5, 0.6) is 5.75 Å². The van der Waals surface area contributed by atoms with Crippen molar-refractivity contribution in [3.63, 3.8) is 0 Å². The van der Waals surface area contributed by atoms with Crippen LogP contribution < -0.4 is 4.74 Å². The molecule has 84 valence electrons. The molecule has 1 aromatic rings. The number of alkyl halides is 1. The first-order valence-electron chi connectivity index (χ1n) is 4.43. The third kappa shape index (κ3) is 2.10. The van der Waals surface area contributed by atoms with Crippen molar-refractivity contribution in [2.75, 3.05) is 14.2 Å². The van der Waals surface area contributed by atoms with Gasteiger partial charge < -0.3 is 9.47 Å². The SMILES string of the molecule is COC(=O)c1ccc(OC)c(C#N)c1CCl. The van der Waals surface area contributed by atoms with Crippen LogP contribution in [0.15, 0.2) is 12.1 Å². The molecule has 0 saturated heterocycles. The summed E-state index contributed by atoms with van der Waals surface area (Å²) < 4.78 is 9.62. The van der Waals surface area contributed by atoms with E-state index in [2.05, 4.69) is 4.74 Å². The van der Waals surface area contributed by atoms with E-state index >= 15 is 0 Å². The minimum atomic E-state index is -0.519. The number of esters is 1. The monoisotopic (exact) mass is 239 g/mol. The Hall–Kier alpha value is -1.73. The molecule has 4 nitrogen and oxygen atoms in total. The summed E-state index contributed by atoms with van der Waals surface area (Å²) in [6.45, 7) is 0. The van der Waals surface area contributed by atoms with Crippen LogP contribution >= 0.6 is 11.6 Å². The van der Waals surface area contributed by atoms with Gasteiger partial charge in [0.1, 0.15) is 11.8 Å². The number of hydrogen-bond acceptors (Lipinski definition) is 4. The lowest BCUT2D eigenvalue weighted by Crippen LogP contribution is -2.07. The van der Waals surface area contributed by atoms with Gasteiger partial charge >= 0.3 is 5.97 Å². The van der Waals surface area contributed by atoms with Crippen LogP contribution in [0.25, 0.3) is 0 Å². The first kappa shape index (κ1) is 12.3. The van der Waals surface area contributed by atoms with Gasteiger partial charge in [-0.15, -0.1) is 11.6 Å². The maximum atomic E-state index is 11.4. The molecule has 0 saturated carbocycles. The maximum absolute atomic E-state index is 11.4. The van der Waals surface area contributed by atoms with Crippen molar-refractivity contribution in [3.05, 3.63) is 28.8 Å². The van der Waals surface area contributed by atoms with Gasteiger partial charge in [-0.3, -0.25) is 0 Å². The van der Waals surface area contributed by atoms with E-state index in [1.807, 2.05) is 6.07 Å². The van der Waals surface area contributed by atoms with Gasteiger partial charge in [0.15, 0.2) is 0 Å². The molecule has 1 rings (SSSR count). The molecule has 0 aliphatic rings. The van der Waals surface area contributed by atoms with E-state index < -0.39 is 5.97 Å². The summed E-state index contributed by atoms with van der Waals surface area (Å²) in [5.74, 6) is -0.0783. The summed E-state index contributed by atoms with van der Waals surface area (Å²) in [5, 5.41) is 9.00. The lowest BCUT2D eigenvalue weighted by atomic mass is 10.0. The minimum absolute atomic E-state index is 0.0462. The van der Waals surface area contributed by atoms with Gasteiger partial charge in [-0.05, 0) is 12.1 Å². The fraction of sp³-hybridized carbons (Fsp3) is 0.273. The van der Waals surface area contributed by atoms with Crippen LogP contribution in [-0.4, -0.2) is 20.2 Å². The van der Waals surface area contributed by atoms with Crippen molar-refractivity contribution in [3.8, 4) is 11.8 Å². The van der Waals surface area contributed by atoms with Crippen molar-refractivity contribution >= 4 is 17.6 Å². The average Bonchev–Trinajstić information content (AvgIpc) is 2.35. The Morgan fingerprint density at radius 1 is 1.50 bits per heavy atom. The van der Waals surface area contributed by atoms with Crippen molar-refractivity contribution in [1.29, 1.82) is 5.26 Å². The van der Waals surface area contributed by atoms with Crippen LogP contribution in [0.3, 0.4) is 0 Å². The predicted octanol–water partition coefficient (Wildman–Crippen LogP) is 2.09. The third-order valence-corrected chi connectivity index (χ3v) is 2.41. The van der Waals surface area contributed by atoms with E-state index in [-0.39, 0.29) is 17.0 Å². The number of hydrogen-bond donors (Lipinski definition) is 0. The van der Waals surface area contributed by atoms with Gasteiger partial charge in [-0.1, -0.05) is 0 Å². The zero-order valence-electron chi connectivity index (χ0n) is 8.91. The van der Waals surface area contributed by atoms with Gasteiger partial charge in [0.2, 0.25) is 0 Å². The lowest BCUT2D eigenvalue weighted by Gasteiger charge is -2.10. The number of ether oxygens (including phenoxy) is 2. The molecule has 0 aliphatic heterocycles. The number of carbonyl (C=O) groups excluding carboxylic acids is 1. The predicted molar refractivity (Wildman–Crippen MR) is 58.6 cm³/mol. The minimum Gasteiger partial charge on any atom is -0.495 e. The molecule has 0 bridgehead atoms. The largest absolute Gasteiger partial charge is 0.495 e. The van der Waals surface area contributed by atoms with Crippen molar-refractivity contribution < 1.29 is 14.3 Å². The molecular formula is C11H10ClNO3. The number of rotatable bonds is 3. The molecule has 0 amide bonds. The fourth-order valence-corrected chi connectivity index (χ4v) is 1.64. The van der Waals surface area contributed by atoms with E-state index in [1.54, 1.807) is 6.07 Å². The highest BCUT2D eigenvalue weighted by atomic mass is 35.5. The Balaban J connectivity index is 3.44. The van der Waals surface area contributed by atoms with Crippen LogP contribution in [0, 0.1) is 11.3 Å². The molecule has 0 aromatic heterocycles. The molecule has 16 heavy (non-hydrogen) atoms. The average molecular weight is 240 g/mol. The highest BCUT2D eigenvalue weighted by molar-refractivity contribution is 6.18. The van der Waals surface area contributed by atoms with Gasteiger partial charge in [-0.2, -0.15) is 5.26 Å². The summed E-state index contributed by atoms with van der Waals surface area (Å²) in [7, 11) is 2.72. The van der Waals surface area contributed by atoms with Gasteiger partial charge in [0.05, 0.1) is 25.3 Å². The summed E-state index contributed by atoms with van der Waals surface area (Å²) in [4.78, 5) is 11.4. The van der Waals surface area contributed by atoms with E-state index in [4.69, 9.17) is 21.6 Å². The summed E-state index contributed by atoms with van der Waals surface area (Å²) >= 11 is 5.73. The number of benzene rings is 1. The summed E-state index contributed by atoms with van der Waals surface area (Å²) in [6.07, 6.45) is 0. The summed E-state index contributed by atoms with van der Waals surface area (Å²) in [5.41, 5.74) is 0.977. The molecular weight excluding hydrogens is 230 g/mol. The highest BCUT2D eigenvalue weighted by Gasteiger charge is 2.18. The molecule has 0 spiro atoms. The molecule has 0 atom stereocenters. The zero-order chi connectivity index (χ0) is 12.1. The van der Waals surface area contributed by atoms with E-state index in [1.165, 1.54) is 20.3 Å². The number of nitrogens with zero attached hydrogens (tertiary/aromatic N) is 1. The third-order valence-electron chi connectivity index (χ3n) is 2.15. The van der Waals surface area contributed by atoms with Crippen LogP contribution in [-0.2, 0) is 10.6 Å². The number of methoxy groups -OCH3 is 2. The summed E-state index contributed by atoms with van der Waals surface area (Å²) in [6, 6.07) is 5.04. The van der Waals surface area contributed by atoms with Gasteiger partial charge in [-0.25, -0.2) is 4.79 Å². The molecule has 1 aromatic carbocycles. The Bertz CT molecular complexity index is 451. The number of halogens is 1. The van der Waals surface area contributed by atoms with Crippen molar-refractivity contribution in [1.82, 2.24) is 0 Å². The number of carbonyl (C=O) groups is 1. The zero-order valence-corrected chi connectivity index (χ0v) is 9.67. The lowest BCUT2D eigenvalue weighted by molar-refractivity contribution is 0.0599. The van der Waals surface area contributed by atoms with Crippen LogP contribution in [0.2, 0.25) is 0 Å². The maximum Gasteiger partial charge on any atom is 0.338 e. The number of nitriles is 1. The van der Waals surface area contributed by atoms with E-state index in [9.17, 15) is 4.79 Å². The van der Waals surface area contributed by atoms with E-state index in [0.717, 1.165) is 0 Å².